The molecule has 0 aromatic rings. The van der Waals surface area contributed by atoms with Gasteiger partial charge in [0.25, 0.3) is 0 Å². The molecule has 0 saturated carbocycles. The summed E-state index contributed by atoms with van der Waals surface area (Å²) in [6.45, 7) is 3.25. The van der Waals surface area contributed by atoms with Crippen molar-refractivity contribution in [3.05, 3.63) is 12.7 Å². The lowest BCUT2D eigenvalue weighted by atomic mass is 10.4. The quantitative estimate of drug-likeness (QED) is 0.306. The van der Waals surface area contributed by atoms with Gasteiger partial charge in [-0.2, -0.15) is 0 Å². The standard InChI is InChI=1S/C5H8O5.C3H4O2/c1-3(7)10-5(9)4(8)2-6;1-2-3(4)5/h4,6,8H,2H2,1H3;2H,1H2,(H,4,5). The molecule has 0 aliphatic heterocycles. The summed E-state index contributed by atoms with van der Waals surface area (Å²) < 4.78 is 3.92. The monoisotopic (exact) mass is 220 g/mol. The highest BCUT2D eigenvalue weighted by Gasteiger charge is 2.16. The summed E-state index contributed by atoms with van der Waals surface area (Å²) >= 11 is 0. The molecule has 0 aliphatic carbocycles. The highest BCUT2D eigenvalue weighted by atomic mass is 16.6. The normalized spacial score (nSPS) is 10.3. The van der Waals surface area contributed by atoms with Crippen LogP contribution in [0.2, 0.25) is 0 Å². The minimum Gasteiger partial charge on any atom is -0.478 e. The van der Waals surface area contributed by atoms with Gasteiger partial charge in [0.1, 0.15) is 0 Å². The number of carboxylic acid groups (broad SMARTS) is 1. The van der Waals surface area contributed by atoms with Gasteiger partial charge in [0, 0.05) is 13.0 Å². The molecule has 7 nitrogen and oxygen atoms in total. The predicted molar refractivity (Wildman–Crippen MR) is 47.7 cm³/mol. The van der Waals surface area contributed by atoms with Crippen LogP contribution in [0.4, 0.5) is 0 Å². The van der Waals surface area contributed by atoms with Gasteiger partial charge in [-0.1, -0.05) is 6.58 Å². The molecule has 0 rings (SSSR count). The molecule has 1 atom stereocenters. The molecule has 3 N–H and O–H groups in total. The van der Waals surface area contributed by atoms with Gasteiger partial charge < -0.3 is 20.1 Å². The van der Waals surface area contributed by atoms with E-state index in [1.165, 1.54) is 0 Å². The third-order valence-electron chi connectivity index (χ3n) is 0.864. The minimum atomic E-state index is -1.62. The molecular weight excluding hydrogens is 208 g/mol. The molecule has 0 fully saturated rings. The zero-order chi connectivity index (χ0) is 12.4. The smallest absolute Gasteiger partial charge is 0.345 e. The van der Waals surface area contributed by atoms with Crippen molar-refractivity contribution in [2.24, 2.45) is 0 Å². The molecule has 0 aromatic carbocycles. The van der Waals surface area contributed by atoms with Crippen molar-refractivity contribution in [1.82, 2.24) is 0 Å². The largest absolute Gasteiger partial charge is 0.478 e. The highest BCUT2D eigenvalue weighted by molar-refractivity contribution is 5.86. The number of hydrogen-bond donors (Lipinski definition) is 3. The summed E-state index contributed by atoms with van der Waals surface area (Å²) in [5, 5.41) is 24.3. The van der Waals surface area contributed by atoms with Crippen LogP contribution in [-0.4, -0.2) is 45.9 Å². The van der Waals surface area contributed by atoms with Gasteiger partial charge in [-0.05, 0) is 0 Å². The molecule has 0 amide bonds. The van der Waals surface area contributed by atoms with Gasteiger partial charge in [-0.15, -0.1) is 0 Å². The number of ether oxygens (including phenoxy) is 1. The number of aliphatic hydroxyl groups excluding tert-OH is 2. The Hall–Kier alpha value is -1.73. The van der Waals surface area contributed by atoms with E-state index in [0.717, 1.165) is 13.0 Å². The molecule has 0 bridgehead atoms. The van der Waals surface area contributed by atoms with Gasteiger partial charge >= 0.3 is 17.9 Å². The topological polar surface area (TPSA) is 121 Å². The molecule has 7 heteroatoms. The lowest BCUT2D eigenvalue weighted by Gasteiger charge is -2.02. The Labute approximate surface area is 85.6 Å². The fourth-order valence-corrected chi connectivity index (χ4v) is 0.284. The summed E-state index contributed by atoms with van der Waals surface area (Å²) in [6, 6.07) is 0. The van der Waals surface area contributed by atoms with E-state index < -0.39 is 30.6 Å². The number of rotatable bonds is 3. The highest BCUT2D eigenvalue weighted by Crippen LogP contribution is 1.86. The maximum Gasteiger partial charge on any atom is 0.345 e. The number of esters is 2. The van der Waals surface area contributed by atoms with Crippen molar-refractivity contribution in [1.29, 1.82) is 0 Å². The Balaban J connectivity index is 0. The Morgan fingerprint density at radius 3 is 2.07 bits per heavy atom. The van der Waals surface area contributed by atoms with Crippen molar-refractivity contribution in [3.8, 4) is 0 Å². The van der Waals surface area contributed by atoms with Crippen LogP contribution < -0.4 is 0 Å². The summed E-state index contributed by atoms with van der Waals surface area (Å²) in [5.74, 6) is -2.92. The van der Waals surface area contributed by atoms with Gasteiger partial charge in [0.15, 0.2) is 6.10 Å². The van der Waals surface area contributed by atoms with E-state index in [4.69, 9.17) is 15.3 Å². The predicted octanol–water partition coefficient (Wildman–Crippen LogP) is -1.31. The Kier molecular flexibility index (Phi) is 9.28. The maximum absolute atomic E-state index is 10.3. The fourth-order valence-electron chi connectivity index (χ4n) is 0.284. The molecule has 0 aromatic heterocycles. The summed E-state index contributed by atoms with van der Waals surface area (Å²) in [7, 11) is 0. The zero-order valence-corrected chi connectivity index (χ0v) is 8.04. The molecule has 0 radical (unpaired) electrons. The first-order valence-corrected chi connectivity index (χ1v) is 3.71. The average molecular weight is 220 g/mol. The molecule has 0 spiro atoms. The summed E-state index contributed by atoms with van der Waals surface area (Å²) in [4.78, 5) is 29.6. The van der Waals surface area contributed by atoms with Crippen LogP contribution in [0.3, 0.4) is 0 Å². The van der Waals surface area contributed by atoms with Gasteiger partial charge in [-0.3, -0.25) is 4.79 Å². The number of hydrogen-bond acceptors (Lipinski definition) is 6. The van der Waals surface area contributed by atoms with E-state index in [9.17, 15) is 14.4 Å². The van der Waals surface area contributed by atoms with Gasteiger partial charge in [-0.25, -0.2) is 9.59 Å². The molecule has 15 heavy (non-hydrogen) atoms. The second-order valence-corrected chi connectivity index (χ2v) is 2.15. The lowest BCUT2D eigenvalue weighted by Crippen LogP contribution is -2.27. The molecule has 86 valence electrons. The number of aliphatic hydroxyl groups is 2. The maximum atomic E-state index is 10.3. The van der Waals surface area contributed by atoms with Gasteiger partial charge in [0.2, 0.25) is 0 Å². The van der Waals surface area contributed by atoms with Crippen LogP contribution in [-0.2, 0) is 19.1 Å². The molecule has 1 unspecified atom stereocenters. The van der Waals surface area contributed by atoms with Crippen LogP contribution >= 0.6 is 0 Å². The van der Waals surface area contributed by atoms with Crippen LogP contribution in [0.1, 0.15) is 6.92 Å². The number of aliphatic carboxylic acids is 1. The van der Waals surface area contributed by atoms with Crippen molar-refractivity contribution in [3.63, 3.8) is 0 Å². The van der Waals surface area contributed by atoms with E-state index in [1.807, 2.05) is 0 Å². The Bertz CT molecular complexity index is 245. The number of carbonyl (C=O) groups is 3. The lowest BCUT2D eigenvalue weighted by molar-refractivity contribution is -0.165. The summed E-state index contributed by atoms with van der Waals surface area (Å²) in [5.41, 5.74) is 0. The van der Waals surface area contributed by atoms with E-state index >= 15 is 0 Å². The Morgan fingerprint density at radius 2 is 1.87 bits per heavy atom. The third kappa shape index (κ3) is 12.3. The van der Waals surface area contributed by atoms with Crippen molar-refractivity contribution >= 4 is 17.9 Å². The van der Waals surface area contributed by atoms with E-state index in [-0.39, 0.29) is 0 Å². The first-order valence-electron chi connectivity index (χ1n) is 3.71. The summed E-state index contributed by atoms with van der Waals surface area (Å²) in [6.07, 6.45) is -0.788. The molecule has 0 saturated heterocycles. The second kappa shape index (κ2) is 8.85. The van der Waals surface area contributed by atoms with Crippen LogP contribution in [0, 0.1) is 0 Å². The van der Waals surface area contributed by atoms with Crippen LogP contribution in [0.15, 0.2) is 12.7 Å². The van der Waals surface area contributed by atoms with E-state index in [1.54, 1.807) is 0 Å². The van der Waals surface area contributed by atoms with E-state index in [2.05, 4.69) is 11.3 Å². The third-order valence-corrected chi connectivity index (χ3v) is 0.864. The first kappa shape index (κ1) is 15.7. The fraction of sp³-hybridized carbons (Fsp3) is 0.375. The van der Waals surface area contributed by atoms with Crippen molar-refractivity contribution in [2.45, 2.75) is 13.0 Å². The molecule has 0 heterocycles. The second-order valence-electron chi connectivity index (χ2n) is 2.15. The van der Waals surface area contributed by atoms with Crippen molar-refractivity contribution in [2.75, 3.05) is 6.61 Å². The van der Waals surface area contributed by atoms with E-state index in [0.29, 0.717) is 0 Å². The minimum absolute atomic E-state index is 0.744. The number of carbonyl (C=O) groups excluding carboxylic acids is 2. The SMILES string of the molecule is C=CC(=O)O.CC(=O)OC(=O)C(O)CO. The number of carboxylic acids is 1. The average Bonchev–Trinajstić information content (AvgIpc) is 2.16. The van der Waals surface area contributed by atoms with Gasteiger partial charge in [0.05, 0.1) is 6.61 Å². The Morgan fingerprint density at radius 1 is 1.47 bits per heavy atom. The molecular formula is C8H12O7. The zero-order valence-electron chi connectivity index (χ0n) is 8.04. The molecule has 0 aliphatic rings. The van der Waals surface area contributed by atoms with Crippen LogP contribution in [0.25, 0.3) is 0 Å². The van der Waals surface area contributed by atoms with Crippen LogP contribution in [0.5, 0.6) is 0 Å². The first-order chi connectivity index (χ1) is 6.84. The van der Waals surface area contributed by atoms with Crippen molar-refractivity contribution < 1.29 is 34.4 Å².